The van der Waals surface area contributed by atoms with Crippen molar-refractivity contribution < 1.29 is 29.3 Å². The van der Waals surface area contributed by atoms with Crippen molar-refractivity contribution in [2.75, 3.05) is 13.2 Å². The first-order valence-electron chi connectivity index (χ1n) is 10.1. The number of allylic oxidation sites excluding steroid dienone is 2. The van der Waals surface area contributed by atoms with Gasteiger partial charge in [0.15, 0.2) is 0 Å². The first-order chi connectivity index (χ1) is 13.1. The molecule has 2 aliphatic carbocycles. The summed E-state index contributed by atoms with van der Waals surface area (Å²) in [5.74, 6) is -0.473. The fraction of sp³-hybridized carbons (Fsp3) is 0.727. The molecule has 0 amide bonds. The van der Waals surface area contributed by atoms with Crippen LogP contribution in [-0.2, 0) is 19.1 Å². The van der Waals surface area contributed by atoms with Crippen molar-refractivity contribution in [2.45, 2.75) is 65.1 Å². The van der Waals surface area contributed by atoms with Gasteiger partial charge >= 0.3 is 11.9 Å². The average molecular weight is 392 g/mol. The minimum atomic E-state index is -0.865. The highest BCUT2D eigenvalue weighted by Gasteiger charge is 2.58. The van der Waals surface area contributed by atoms with Crippen molar-refractivity contribution in [1.82, 2.24) is 0 Å². The van der Waals surface area contributed by atoms with Crippen LogP contribution in [0.2, 0.25) is 0 Å². The zero-order valence-electron chi connectivity index (χ0n) is 17.1. The molecular weight excluding hydrogens is 360 g/mol. The molecule has 0 spiro atoms. The quantitative estimate of drug-likeness (QED) is 0.434. The number of esters is 2. The Bertz CT molecular complexity index is 697. The standard InChI is InChI=1S/C22H32O6/c1-13-5-8-18-21(3,10-9-19(28-14(2)24)22(18,4)12-23)16(13)7-6-15-17(25)11-27-20(15)26/h6,16-19,23,25H,1,5,7-12H2,2-4H3/b15-6+/t16-,17-,18+,19-,21+,22+/m1/s1. The van der Waals surface area contributed by atoms with Gasteiger partial charge in [0.25, 0.3) is 0 Å². The maximum absolute atomic E-state index is 11.8. The van der Waals surface area contributed by atoms with Crippen LogP contribution >= 0.6 is 0 Å². The van der Waals surface area contributed by atoms with Gasteiger partial charge in [-0.3, -0.25) is 4.79 Å². The normalized spacial score (nSPS) is 42.2. The number of carbonyl (C=O) groups excluding carboxylic acids is 2. The summed E-state index contributed by atoms with van der Waals surface area (Å²) in [6.07, 6.45) is 4.51. The third-order valence-electron chi connectivity index (χ3n) is 7.51. The molecule has 3 fully saturated rings. The highest BCUT2D eigenvalue weighted by Crippen LogP contribution is 2.62. The Labute approximate surface area is 166 Å². The summed E-state index contributed by atoms with van der Waals surface area (Å²) in [7, 11) is 0. The zero-order valence-corrected chi connectivity index (χ0v) is 17.1. The Hall–Kier alpha value is -1.66. The van der Waals surface area contributed by atoms with Gasteiger partial charge in [-0.05, 0) is 49.4 Å². The number of aliphatic hydroxyl groups is 2. The molecule has 2 N–H and O–H groups in total. The van der Waals surface area contributed by atoms with Gasteiger partial charge in [0.1, 0.15) is 18.8 Å². The summed E-state index contributed by atoms with van der Waals surface area (Å²) in [4.78, 5) is 23.4. The van der Waals surface area contributed by atoms with Gasteiger partial charge in [0, 0.05) is 12.3 Å². The van der Waals surface area contributed by atoms with Crippen molar-refractivity contribution in [3.63, 3.8) is 0 Å². The molecule has 28 heavy (non-hydrogen) atoms. The third kappa shape index (κ3) is 3.41. The van der Waals surface area contributed by atoms with Crippen molar-refractivity contribution in [1.29, 1.82) is 0 Å². The SMILES string of the molecule is C=C1CC[C@@H]2[C@](C)(CO)[C@H](OC(C)=O)CC[C@@]2(C)[C@@H]1C/C=C1/C(=O)OC[C@H]1O. The van der Waals surface area contributed by atoms with Crippen LogP contribution in [-0.4, -0.2) is 47.6 Å². The number of cyclic esters (lactones) is 1. The van der Waals surface area contributed by atoms with E-state index in [1.165, 1.54) is 6.92 Å². The average Bonchev–Trinajstić information content (AvgIpc) is 2.95. The van der Waals surface area contributed by atoms with E-state index in [4.69, 9.17) is 9.47 Å². The second-order valence-corrected chi connectivity index (χ2v) is 9.12. The van der Waals surface area contributed by atoms with E-state index in [0.29, 0.717) is 18.4 Å². The summed E-state index contributed by atoms with van der Waals surface area (Å²) in [6.45, 7) is 9.93. The van der Waals surface area contributed by atoms with Crippen LogP contribution in [0.3, 0.4) is 0 Å². The Balaban J connectivity index is 1.89. The highest BCUT2D eigenvalue weighted by molar-refractivity contribution is 5.91. The summed E-state index contributed by atoms with van der Waals surface area (Å²) < 4.78 is 10.5. The number of hydrogen-bond acceptors (Lipinski definition) is 6. The van der Waals surface area contributed by atoms with E-state index in [0.717, 1.165) is 24.8 Å². The van der Waals surface area contributed by atoms with Gasteiger partial charge in [-0.25, -0.2) is 4.79 Å². The van der Waals surface area contributed by atoms with Gasteiger partial charge in [-0.15, -0.1) is 0 Å². The predicted octanol–water partition coefficient (Wildman–Crippen LogP) is 2.53. The van der Waals surface area contributed by atoms with E-state index in [-0.39, 0.29) is 42.5 Å². The molecule has 6 heteroatoms. The predicted molar refractivity (Wildman–Crippen MR) is 103 cm³/mol. The monoisotopic (exact) mass is 392 g/mol. The van der Waals surface area contributed by atoms with E-state index in [9.17, 15) is 19.8 Å². The molecule has 3 rings (SSSR count). The molecule has 0 bridgehead atoms. The Morgan fingerprint density at radius 1 is 1.39 bits per heavy atom. The molecule has 6 atom stereocenters. The molecule has 1 heterocycles. The van der Waals surface area contributed by atoms with Crippen LogP contribution < -0.4 is 0 Å². The van der Waals surface area contributed by atoms with E-state index in [2.05, 4.69) is 13.5 Å². The molecule has 1 aliphatic heterocycles. The Morgan fingerprint density at radius 3 is 2.68 bits per heavy atom. The van der Waals surface area contributed by atoms with Gasteiger partial charge in [-0.2, -0.15) is 0 Å². The molecule has 0 radical (unpaired) electrons. The molecular formula is C22H32O6. The number of ether oxygens (including phenoxy) is 2. The van der Waals surface area contributed by atoms with Gasteiger partial charge in [0.05, 0.1) is 12.2 Å². The van der Waals surface area contributed by atoms with Crippen molar-refractivity contribution in [3.8, 4) is 0 Å². The summed E-state index contributed by atoms with van der Waals surface area (Å²) in [6, 6.07) is 0. The third-order valence-corrected chi connectivity index (χ3v) is 7.51. The zero-order chi connectivity index (χ0) is 20.7. The van der Waals surface area contributed by atoms with Crippen LogP contribution in [0.1, 0.15) is 52.9 Å². The van der Waals surface area contributed by atoms with Crippen molar-refractivity contribution in [2.24, 2.45) is 22.7 Å². The molecule has 0 unspecified atom stereocenters. The first kappa shape index (κ1) is 21.1. The lowest BCUT2D eigenvalue weighted by molar-refractivity contribution is -0.185. The van der Waals surface area contributed by atoms with E-state index in [1.807, 2.05) is 6.92 Å². The lowest BCUT2D eigenvalue weighted by atomic mass is 9.46. The fourth-order valence-electron chi connectivity index (χ4n) is 5.94. The second-order valence-electron chi connectivity index (χ2n) is 9.12. The van der Waals surface area contributed by atoms with Gasteiger partial charge in [0.2, 0.25) is 0 Å². The minimum absolute atomic E-state index is 0.0167. The molecule has 0 aromatic rings. The maximum Gasteiger partial charge on any atom is 0.336 e. The molecule has 3 aliphatic rings. The number of rotatable bonds is 4. The van der Waals surface area contributed by atoms with Gasteiger partial charge < -0.3 is 19.7 Å². The van der Waals surface area contributed by atoms with Crippen LogP contribution in [0.4, 0.5) is 0 Å². The molecule has 6 nitrogen and oxygen atoms in total. The number of fused-ring (bicyclic) bond motifs is 1. The topological polar surface area (TPSA) is 93.1 Å². The summed E-state index contributed by atoms with van der Waals surface area (Å²) in [5.41, 5.74) is 0.824. The van der Waals surface area contributed by atoms with Gasteiger partial charge in [-0.1, -0.05) is 32.1 Å². The van der Waals surface area contributed by atoms with E-state index < -0.39 is 17.5 Å². The van der Waals surface area contributed by atoms with Crippen molar-refractivity contribution in [3.05, 3.63) is 23.8 Å². The lowest BCUT2D eigenvalue weighted by Crippen LogP contribution is -2.58. The number of aliphatic hydroxyl groups excluding tert-OH is 2. The van der Waals surface area contributed by atoms with Crippen LogP contribution in [0.25, 0.3) is 0 Å². The minimum Gasteiger partial charge on any atom is -0.462 e. The largest absolute Gasteiger partial charge is 0.462 e. The second kappa shape index (κ2) is 7.64. The van der Waals surface area contributed by atoms with E-state index in [1.54, 1.807) is 6.08 Å². The molecule has 0 aromatic carbocycles. The Kier molecular flexibility index (Phi) is 5.74. The van der Waals surface area contributed by atoms with Crippen LogP contribution in [0, 0.1) is 22.7 Å². The number of hydrogen-bond donors (Lipinski definition) is 2. The highest BCUT2D eigenvalue weighted by atomic mass is 16.6. The van der Waals surface area contributed by atoms with Crippen LogP contribution in [0.15, 0.2) is 23.8 Å². The first-order valence-corrected chi connectivity index (χ1v) is 10.1. The van der Waals surface area contributed by atoms with E-state index >= 15 is 0 Å². The number of carbonyl (C=O) groups is 2. The summed E-state index contributed by atoms with van der Waals surface area (Å²) in [5, 5.41) is 20.3. The molecule has 156 valence electrons. The summed E-state index contributed by atoms with van der Waals surface area (Å²) >= 11 is 0. The molecule has 1 saturated heterocycles. The smallest absolute Gasteiger partial charge is 0.336 e. The lowest BCUT2D eigenvalue weighted by Gasteiger charge is -2.60. The van der Waals surface area contributed by atoms with Crippen LogP contribution in [0.5, 0.6) is 0 Å². The van der Waals surface area contributed by atoms with Crippen molar-refractivity contribution >= 4 is 11.9 Å². The fourth-order valence-corrected chi connectivity index (χ4v) is 5.94. The molecule has 0 aromatic heterocycles. The molecule has 2 saturated carbocycles. The Morgan fingerprint density at radius 2 is 2.11 bits per heavy atom. The maximum atomic E-state index is 11.8.